The molecule has 3 aromatic rings. The van der Waals surface area contributed by atoms with Crippen LogP contribution in [0.2, 0.25) is 0 Å². The average molecular weight is 424 g/mol. The third-order valence-corrected chi connectivity index (χ3v) is 6.17. The molecule has 1 aliphatic heterocycles. The molecule has 6 heteroatoms. The van der Waals surface area contributed by atoms with Gasteiger partial charge in [-0.2, -0.15) is 0 Å². The van der Waals surface area contributed by atoms with E-state index >= 15 is 0 Å². The van der Waals surface area contributed by atoms with Gasteiger partial charge in [-0.25, -0.2) is 0 Å². The maximum atomic E-state index is 13.4. The first-order chi connectivity index (χ1) is 15.0. The summed E-state index contributed by atoms with van der Waals surface area (Å²) in [5.41, 5.74) is 2.65. The molecule has 164 valence electrons. The molecule has 6 nitrogen and oxygen atoms in total. The zero-order chi connectivity index (χ0) is 22.0. The van der Waals surface area contributed by atoms with Crippen LogP contribution in [0.5, 0.6) is 17.2 Å². The molecule has 0 bridgehead atoms. The van der Waals surface area contributed by atoms with Crippen LogP contribution in [-0.4, -0.2) is 39.3 Å². The zero-order valence-corrected chi connectivity index (χ0v) is 18.6. The quantitative estimate of drug-likeness (QED) is 0.572. The van der Waals surface area contributed by atoms with E-state index in [1.807, 2.05) is 12.1 Å². The summed E-state index contributed by atoms with van der Waals surface area (Å²) in [7, 11) is 4.85. The van der Waals surface area contributed by atoms with E-state index in [1.165, 1.54) is 19.1 Å². The fourth-order valence-corrected chi connectivity index (χ4v) is 4.19. The average Bonchev–Trinajstić information content (AvgIpc) is 2.80. The molecule has 0 aliphatic carbocycles. The number of ether oxygens (including phenoxy) is 3. The van der Waals surface area contributed by atoms with Crippen LogP contribution in [0.25, 0.3) is 22.1 Å². The largest absolute Gasteiger partial charge is 0.497 e. The van der Waals surface area contributed by atoms with Crippen LogP contribution in [0.3, 0.4) is 0 Å². The van der Waals surface area contributed by atoms with Crippen molar-refractivity contribution >= 4 is 11.0 Å². The van der Waals surface area contributed by atoms with Gasteiger partial charge in [0.15, 0.2) is 0 Å². The normalized spacial score (nSPS) is 15.2. The Kier molecular flexibility index (Phi) is 6.18. The van der Waals surface area contributed by atoms with Crippen LogP contribution in [0.15, 0.2) is 45.8 Å². The second kappa shape index (κ2) is 9.02. The van der Waals surface area contributed by atoms with Crippen molar-refractivity contribution in [1.29, 1.82) is 0 Å². The summed E-state index contributed by atoms with van der Waals surface area (Å²) in [6.07, 6.45) is 3.88. The fourth-order valence-electron chi connectivity index (χ4n) is 4.19. The standard InChI is InChI=1S/C25H29NO5/c1-16-7-9-26(10-8-16)14-21-20(11-18(29-3)13-23(21)30-4)22-15-31-24-12-17(28-2)5-6-19(24)25(22)27/h5-6,11-13,15-16H,7-10,14H2,1-4H3. The predicted molar refractivity (Wildman–Crippen MR) is 121 cm³/mol. The predicted octanol–water partition coefficient (Wildman–Crippen LogP) is 4.72. The molecule has 0 N–H and O–H groups in total. The van der Waals surface area contributed by atoms with Crippen molar-refractivity contribution < 1.29 is 18.6 Å². The summed E-state index contributed by atoms with van der Waals surface area (Å²) in [4.78, 5) is 15.8. The fraction of sp³-hybridized carbons (Fsp3) is 0.400. The summed E-state index contributed by atoms with van der Waals surface area (Å²) in [6.45, 7) is 5.06. The minimum Gasteiger partial charge on any atom is -0.497 e. The minimum atomic E-state index is -0.0901. The second-order valence-corrected chi connectivity index (χ2v) is 8.16. The first-order valence-corrected chi connectivity index (χ1v) is 10.6. The van der Waals surface area contributed by atoms with Crippen LogP contribution in [0, 0.1) is 5.92 Å². The number of hydrogen-bond donors (Lipinski definition) is 0. The number of hydrogen-bond acceptors (Lipinski definition) is 6. The Hall–Kier alpha value is -2.99. The molecule has 4 rings (SSSR count). The first-order valence-electron chi connectivity index (χ1n) is 10.6. The van der Waals surface area contributed by atoms with Crippen molar-refractivity contribution in [3.8, 4) is 28.4 Å². The molecule has 0 spiro atoms. The number of rotatable bonds is 6. The van der Waals surface area contributed by atoms with Crippen molar-refractivity contribution in [2.75, 3.05) is 34.4 Å². The van der Waals surface area contributed by atoms with Gasteiger partial charge in [0.05, 0.1) is 32.3 Å². The van der Waals surface area contributed by atoms with Crippen LogP contribution in [-0.2, 0) is 6.54 Å². The lowest BCUT2D eigenvalue weighted by molar-refractivity contribution is 0.183. The summed E-state index contributed by atoms with van der Waals surface area (Å²) >= 11 is 0. The molecule has 1 fully saturated rings. The van der Waals surface area contributed by atoms with Gasteiger partial charge in [-0.1, -0.05) is 6.92 Å². The SMILES string of the molecule is COc1cc(OC)c(CN2CCC(C)CC2)c(-c2coc3cc(OC)ccc3c2=O)c1. The van der Waals surface area contributed by atoms with Crippen molar-refractivity contribution in [2.45, 2.75) is 26.3 Å². The number of likely N-dealkylation sites (tertiary alicyclic amines) is 1. The van der Waals surface area contributed by atoms with Crippen molar-refractivity contribution in [3.05, 3.63) is 52.4 Å². The summed E-state index contributed by atoms with van der Waals surface area (Å²) in [5, 5.41) is 0.512. The van der Waals surface area contributed by atoms with Crippen molar-refractivity contribution in [1.82, 2.24) is 4.90 Å². The second-order valence-electron chi connectivity index (χ2n) is 8.16. The lowest BCUT2D eigenvalue weighted by Crippen LogP contribution is -2.32. The van der Waals surface area contributed by atoms with E-state index < -0.39 is 0 Å². The van der Waals surface area contributed by atoms with Gasteiger partial charge in [0.2, 0.25) is 5.43 Å². The third-order valence-electron chi connectivity index (χ3n) is 6.17. The Morgan fingerprint density at radius 1 is 0.968 bits per heavy atom. The van der Waals surface area contributed by atoms with Crippen molar-refractivity contribution in [2.24, 2.45) is 5.92 Å². The van der Waals surface area contributed by atoms with E-state index in [0.29, 0.717) is 40.3 Å². The number of fused-ring (bicyclic) bond motifs is 1. The Morgan fingerprint density at radius 3 is 2.39 bits per heavy atom. The lowest BCUT2D eigenvalue weighted by atomic mass is 9.95. The molecule has 1 aromatic heterocycles. The zero-order valence-electron chi connectivity index (χ0n) is 18.6. The molecule has 0 radical (unpaired) electrons. The smallest absolute Gasteiger partial charge is 0.200 e. The number of methoxy groups -OCH3 is 3. The molecule has 1 aliphatic rings. The van der Waals surface area contributed by atoms with Crippen molar-refractivity contribution in [3.63, 3.8) is 0 Å². The molecule has 1 saturated heterocycles. The minimum absolute atomic E-state index is 0.0901. The molecule has 31 heavy (non-hydrogen) atoms. The lowest BCUT2D eigenvalue weighted by Gasteiger charge is -2.31. The van der Waals surface area contributed by atoms with Crippen LogP contribution in [0.1, 0.15) is 25.3 Å². The van der Waals surface area contributed by atoms with E-state index in [-0.39, 0.29) is 5.43 Å². The monoisotopic (exact) mass is 423 g/mol. The van der Waals surface area contributed by atoms with E-state index in [9.17, 15) is 4.79 Å². The van der Waals surface area contributed by atoms with Gasteiger partial charge in [-0.05, 0) is 50.0 Å². The molecular formula is C25H29NO5. The Labute approximate surface area is 182 Å². The summed E-state index contributed by atoms with van der Waals surface area (Å²) < 4.78 is 22.3. The van der Waals surface area contributed by atoms with Gasteiger partial charge in [-0.3, -0.25) is 9.69 Å². The maximum Gasteiger partial charge on any atom is 0.200 e. The highest BCUT2D eigenvalue weighted by atomic mass is 16.5. The van der Waals surface area contributed by atoms with E-state index in [2.05, 4.69) is 11.8 Å². The number of benzene rings is 2. The summed E-state index contributed by atoms with van der Waals surface area (Å²) in [6, 6.07) is 9.01. The van der Waals surface area contributed by atoms with E-state index in [0.717, 1.165) is 30.1 Å². The molecule has 2 aromatic carbocycles. The Morgan fingerprint density at radius 2 is 1.71 bits per heavy atom. The Balaban J connectivity index is 1.84. The molecule has 0 amide bonds. The van der Waals surface area contributed by atoms with E-state index in [1.54, 1.807) is 39.5 Å². The Bertz CT molecular complexity index is 1130. The van der Waals surface area contributed by atoms with Gasteiger partial charge < -0.3 is 18.6 Å². The highest BCUT2D eigenvalue weighted by Gasteiger charge is 2.22. The van der Waals surface area contributed by atoms with Crippen LogP contribution >= 0.6 is 0 Å². The highest BCUT2D eigenvalue weighted by molar-refractivity contribution is 5.84. The van der Waals surface area contributed by atoms with Gasteiger partial charge in [0.1, 0.15) is 29.1 Å². The van der Waals surface area contributed by atoms with Gasteiger partial charge >= 0.3 is 0 Å². The molecular weight excluding hydrogens is 394 g/mol. The van der Waals surface area contributed by atoms with Gasteiger partial charge in [-0.15, -0.1) is 0 Å². The molecule has 0 unspecified atom stereocenters. The number of nitrogens with zero attached hydrogens (tertiary/aromatic N) is 1. The first kappa shape index (κ1) is 21.2. The van der Waals surface area contributed by atoms with Gasteiger partial charge in [0.25, 0.3) is 0 Å². The summed E-state index contributed by atoms with van der Waals surface area (Å²) in [5.74, 6) is 2.74. The van der Waals surface area contributed by atoms with Gasteiger partial charge in [0, 0.05) is 29.8 Å². The third kappa shape index (κ3) is 4.26. The van der Waals surface area contributed by atoms with Crippen LogP contribution in [0.4, 0.5) is 0 Å². The topological polar surface area (TPSA) is 61.1 Å². The molecule has 2 heterocycles. The molecule has 0 atom stereocenters. The molecule has 0 saturated carbocycles. The number of piperidine rings is 1. The van der Waals surface area contributed by atoms with E-state index in [4.69, 9.17) is 18.6 Å². The highest BCUT2D eigenvalue weighted by Crippen LogP contribution is 2.36. The van der Waals surface area contributed by atoms with Crippen LogP contribution < -0.4 is 19.6 Å². The maximum absolute atomic E-state index is 13.4.